The maximum absolute atomic E-state index is 12.4. The first kappa shape index (κ1) is 15.9. The smallest absolute Gasteiger partial charge is 0.222 e. The van der Waals surface area contributed by atoms with Crippen molar-refractivity contribution in [2.75, 3.05) is 19.7 Å². The number of carbonyl (C=O) groups excluding carboxylic acids is 1. The lowest BCUT2D eigenvalue weighted by atomic mass is 9.91. The summed E-state index contributed by atoms with van der Waals surface area (Å²) in [4.78, 5) is 14.5. The van der Waals surface area contributed by atoms with Gasteiger partial charge in [0.05, 0.1) is 6.61 Å². The third-order valence-corrected chi connectivity index (χ3v) is 4.10. The molecule has 116 valence electrons. The molecule has 0 saturated carbocycles. The molecule has 3 heteroatoms. The highest BCUT2D eigenvalue weighted by atomic mass is 16.5. The van der Waals surface area contributed by atoms with Gasteiger partial charge in [-0.25, -0.2) is 0 Å². The van der Waals surface area contributed by atoms with Crippen molar-refractivity contribution >= 4 is 5.91 Å². The number of nitrogens with zero attached hydrogens (tertiary/aromatic N) is 1. The van der Waals surface area contributed by atoms with Crippen LogP contribution < -0.4 is 4.74 Å². The summed E-state index contributed by atoms with van der Waals surface area (Å²) in [5.74, 6) is 2.43. The fourth-order valence-electron chi connectivity index (χ4n) is 3.27. The molecule has 1 fully saturated rings. The Kier molecular flexibility index (Phi) is 5.66. The van der Waals surface area contributed by atoms with Crippen LogP contribution in [0.5, 0.6) is 5.75 Å². The second-order valence-electron chi connectivity index (χ2n) is 6.29. The highest BCUT2D eigenvalue weighted by molar-refractivity contribution is 5.76. The first-order chi connectivity index (χ1) is 10.1. The van der Waals surface area contributed by atoms with E-state index in [4.69, 9.17) is 4.74 Å². The van der Waals surface area contributed by atoms with Crippen molar-refractivity contribution in [2.24, 2.45) is 11.8 Å². The summed E-state index contributed by atoms with van der Waals surface area (Å²) in [6.07, 6.45) is 2.56. The van der Waals surface area contributed by atoms with Crippen LogP contribution >= 0.6 is 0 Å². The molecule has 3 nitrogen and oxygen atoms in total. The van der Waals surface area contributed by atoms with Gasteiger partial charge in [-0.15, -0.1) is 0 Å². The second-order valence-corrected chi connectivity index (χ2v) is 6.29. The maximum Gasteiger partial charge on any atom is 0.222 e. The molecule has 1 heterocycles. The molecule has 0 radical (unpaired) electrons. The average Bonchev–Trinajstić information content (AvgIpc) is 2.45. The lowest BCUT2D eigenvalue weighted by molar-refractivity contribution is -0.133. The van der Waals surface area contributed by atoms with Crippen LogP contribution in [-0.4, -0.2) is 30.5 Å². The summed E-state index contributed by atoms with van der Waals surface area (Å²) in [6.45, 7) is 8.94. The number of piperidine rings is 1. The van der Waals surface area contributed by atoms with Crippen LogP contribution in [-0.2, 0) is 11.2 Å². The molecule has 21 heavy (non-hydrogen) atoms. The Morgan fingerprint density at radius 1 is 1.24 bits per heavy atom. The molecule has 0 bridgehead atoms. The van der Waals surface area contributed by atoms with Gasteiger partial charge in [0.15, 0.2) is 0 Å². The van der Waals surface area contributed by atoms with E-state index in [0.717, 1.165) is 30.8 Å². The zero-order chi connectivity index (χ0) is 15.2. The van der Waals surface area contributed by atoms with E-state index in [1.54, 1.807) is 0 Å². The minimum absolute atomic E-state index is 0.278. The van der Waals surface area contributed by atoms with Crippen molar-refractivity contribution in [3.05, 3.63) is 29.8 Å². The number of benzene rings is 1. The SMILES string of the molecule is CCOc1ccccc1CCC(=O)N1CC(C)CC(C)C1. The van der Waals surface area contributed by atoms with Gasteiger partial charge in [0.2, 0.25) is 5.91 Å². The van der Waals surface area contributed by atoms with E-state index in [-0.39, 0.29) is 5.91 Å². The van der Waals surface area contributed by atoms with Crippen LogP contribution in [0.3, 0.4) is 0 Å². The van der Waals surface area contributed by atoms with Crippen molar-refractivity contribution in [1.29, 1.82) is 0 Å². The summed E-state index contributed by atoms with van der Waals surface area (Å²) >= 11 is 0. The van der Waals surface area contributed by atoms with E-state index in [2.05, 4.69) is 19.9 Å². The van der Waals surface area contributed by atoms with E-state index in [9.17, 15) is 4.79 Å². The van der Waals surface area contributed by atoms with Crippen molar-refractivity contribution in [1.82, 2.24) is 4.90 Å². The van der Waals surface area contributed by atoms with Crippen LogP contribution in [0.2, 0.25) is 0 Å². The van der Waals surface area contributed by atoms with Crippen LogP contribution in [0.1, 0.15) is 39.2 Å². The monoisotopic (exact) mass is 289 g/mol. The summed E-state index contributed by atoms with van der Waals surface area (Å²) in [6, 6.07) is 8.02. The van der Waals surface area contributed by atoms with Gasteiger partial charge < -0.3 is 9.64 Å². The van der Waals surface area contributed by atoms with Crippen LogP contribution in [0, 0.1) is 11.8 Å². The number of rotatable bonds is 5. The van der Waals surface area contributed by atoms with Crippen LogP contribution in [0.4, 0.5) is 0 Å². The fourth-order valence-corrected chi connectivity index (χ4v) is 3.27. The number of likely N-dealkylation sites (tertiary alicyclic amines) is 1. The third-order valence-electron chi connectivity index (χ3n) is 4.10. The Balaban J connectivity index is 1.92. The summed E-state index contributed by atoms with van der Waals surface area (Å²) in [5.41, 5.74) is 1.13. The molecule has 0 aliphatic carbocycles. The number of amides is 1. The molecule has 1 amide bonds. The van der Waals surface area contributed by atoms with Gasteiger partial charge in [-0.05, 0) is 43.2 Å². The molecule has 1 aromatic carbocycles. The van der Waals surface area contributed by atoms with Crippen molar-refractivity contribution in [3.8, 4) is 5.75 Å². The molecular weight excluding hydrogens is 262 g/mol. The lowest BCUT2D eigenvalue weighted by Gasteiger charge is -2.35. The zero-order valence-corrected chi connectivity index (χ0v) is 13.5. The highest BCUT2D eigenvalue weighted by Gasteiger charge is 2.25. The number of hydrogen-bond acceptors (Lipinski definition) is 2. The van der Waals surface area contributed by atoms with Crippen LogP contribution in [0.25, 0.3) is 0 Å². The largest absolute Gasteiger partial charge is 0.494 e. The predicted molar refractivity (Wildman–Crippen MR) is 85.5 cm³/mol. The van der Waals surface area contributed by atoms with Gasteiger partial charge in [0, 0.05) is 19.5 Å². The number of para-hydroxylation sites is 1. The van der Waals surface area contributed by atoms with Gasteiger partial charge in [-0.2, -0.15) is 0 Å². The number of carbonyl (C=O) groups is 1. The van der Waals surface area contributed by atoms with E-state index in [1.807, 2.05) is 30.0 Å². The Labute approximate surface area is 128 Å². The van der Waals surface area contributed by atoms with Gasteiger partial charge in [-0.3, -0.25) is 4.79 Å². The molecule has 2 atom stereocenters. The van der Waals surface area contributed by atoms with E-state index in [0.29, 0.717) is 24.9 Å². The Hall–Kier alpha value is -1.51. The van der Waals surface area contributed by atoms with Gasteiger partial charge in [0.25, 0.3) is 0 Å². The lowest BCUT2D eigenvalue weighted by Crippen LogP contribution is -2.42. The molecular formula is C18H27NO2. The summed E-state index contributed by atoms with van der Waals surface area (Å²) < 4.78 is 5.62. The molecule has 1 aromatic rings. The summed E-state index contributed by atoms with van der Waals surface area (Å²) in [5, 5.41) is 0. The minimum Gasteiger partial charge on any atom is -0.494 e. The first-order valence-electron chi connectivity index (χ1n) is 8.08. The maximum atomic E-state index is 12.4. The quantitative estimate of drug-likeness (QED) is 0.830. The van der Waals surface area contributed by atoms with Gasteiger partial charge >= 0.3 is 0 Å². The standard InChI is InChI=1S/C18H27NO2/c1-4-21-17-8-6-5-7-16(17)9-10-18(20)19-12-14(2)11-15(3)13-19/h5-8,14-15H,4,9-13H2,1-3H3. The topological polar surface area (TPSA) is 29.5 Å². The molecule has 2 rings (SSSR count). The van der Waals surface area contributed by atoms with E-state index in [1.165, 1.54) is 6.42 Å². The third kappa shape index (κ3) is 4.48. The molecule has 1 saturated heterocycles. The Morgan fingerprint density at radius 2 is 1.90 bits per heavy atom. The molecule has 0 spiro atoms. The molecule has 2 unspecified atom stereocenters. The predicted octanol–water partition coefficient (Wildman–Crippen LogP) is 3.52. The normalized spacial score (nSPS) is 22.1. The summed E-state index contributed by atoms with van der Waals surface area (Å²) in [7, 11) is 0. The molecule has 1 aliphatic heterocycles. The van der Waals surface area contributed by atoms with Crippen molar-refractivity contribution < 1.29 is 9.53 Å². The minimum atomic E-state index is 0.278. The van der Waals surface area contributed by atoms with E-state index >= 15 is 0 Å². The molecule has 1 aliphatic rings. The highest BCUT2D eigenvalue weighted by Crippen LogP contribution is 2.23. The number of aryl methyl sites for hydroxylation is 1. The number of ether oxygens (including phenoxy) is 1. The van der Waals surface area contributed by atoms with Gasteiger partial charge in [-0.1, -0.05) is 32.0 Å². The van der Waals surface area contributed by atoms with Gasteiger partial charge in [0.1, 0.15) is 5.75 Å². The second kappa shape index (κ2) is 7.48. The molecule has 0 aromatic heterocycles. The fraction of sp³-hybridized carbons (Fsp3) is 0.611. The molecule has 0 N–H and O–H groups in total. The average molecular weight is 289 g/mol. The van der Waals surface area contributed by atoms with E-state index < -0.39 is 0 Å². The Bertz CT molecular complexity index is 462. The Morgan fingerprint density at radius 3 is 2.57 bits per heavy atom. The zero-order valence-electron chi connectivity index (χ0n) is 13.5. The van der Waals surface area contributed by atoms with Crippen molar-refractivity contribution in [2.45, 2.75) is 40.0 Å². The first-order valence-corrected chi connectivity index (χ1v) is 8.08. The van der Waals surface area contributed by atoms with Crippen LogP contribution in [0.15, 0.2) is 24.3 Å². The number of hydrogen-bond donors (Lipinski definition) is 0. The van der Waals surface area contributed by atoms with Crippen molar-refractivity contribution in [3.63, 3.8) is 0 Å².